The molecule has 7 heteroatoms. The van der Waals surface area contributed by atoms with Crippen LogP contribution in [-0.2, 0) is 11.3 Å². The van der Waals surface area contributed by atoms with Crippen LogP contribution >= 0.6 is 0 Å². The normalized spacial score (nSPS) is 21.7. The standard InChI is InChI=1S/C19H23N5O2/c1-22-9-3-5-17(19(22)26)23-11-14(12-23)13-24-18(25)7-6-16(21-24)15-4-2-8-20-10-15/h2,4,6-8,10,14,17H,3,5,9,11-13H2,1H3. The van der Waals surface area contributed by atoms with E-state index in [0.29, 0.717) is 12.5 Å². The molecule has 1 amide bonds. The number of nitrogens with zero attached hydrogens (tertiary/aromatic N) is 5. The van der Waals surface area contributed by atoms with Crippen LogP contribution in [-0.4, -0.2) is 63.2 Å². The van der Waals surface area contributed by atoms with Crippen LogP contribution in [0.3, 0.4) is 0 Å². The molecular weight excluding hydrogens is 330 g/mol. The molecule has 2 fully saturated rings. The number of carbonyl (C=O) groups excluding carboxylic acids is 1. The number of piperidine rings is 1. The van der Waals surface area contributed by atoms with Gasteiger partial charge in [-0.1, -0.05) is 0 Å². The Morgan fingerprint density at radius 1 is 1.19 bits per heavy atom. The van der Waals surface area contributed by atoms with E-state index in [-0.39, 0.29) is 17.5 Å². The van der Waals surface area contributed by atoms with Crippen molar-refractivity contribution in [1.82, 2.24) is 24.6 Å². The minimum Gasteiger partial charge on any atom is -0.344 e. The van der Waals surface area contributed by atoms with Gasteiger partial charge in [0, 0.05) is 56.6 Å². The Bertz CT molecular complexity index is 845. The zero-order valence-electron chi connectivity index (χ0n) is 14.9. The third-order valence-corrected chi connectivity index (χ3v) is 5.31. The Morgan fingerprint density at radius 3 is 2.81 bits per heavy atom. The maximum absolute atomic E-state index is 12.3. The average Bonchev–Trinajstić information content (AvgIpc) is 2.63. The van der Waals surface area contributed by atoms with Crippen molar-refractivity contribution in [2.24, 2.45) is 5.92 Å². The quantitative estimate of drug-likeness (QED) is 0.815. The van der Waals surface area contributed by atoms with E-state index in [1.807, 2.05) is 24.1 Å². The van der Waals surface area contributed by atoms with E-state index < -0.39 is 0 Å². The number of amides is 1. The molecule has 4 heterocycles. The van der Waals surface area contributed by atoms with Crippen molar-refractivity contribution >= 4 is 5.91 Å². The van der Waals surface area contributed by atoms with Gasteiger partial charge < -0.3 is 4.90 Å². The highest BCUT2D eigenvalue weighted by atomic mass is 16.2. The maximum Gasteiger partial charge on any atom is 0.266 e. The first-order valence-electron chi connectivity index (χ1n) is 9.09. The summed E-state index contributed by atoms with van der Waals surface area (Å²) >= 11 is 0. The summed E-state index contributed by atoms with van der Waals surface area (Å²) in [6, 6.07) is 7.09. The highest BCUT2D eigenvalue weighted by Crippen LogP contribution is 2.25. The van der Waals surface area contributed by atoms with Crippen LogP contribution in [0.4, 0.5) is 0 Å². The third-order valence-electron chi connectivity index (χ3n) is 5.31. The van der Waals surface area contributed by atoms with Crippen LogP contribution in [0.1, 0.15) is 12.8 Å². The number of aromatic nitrogens is 3. The van der Waals surface area contributed by atoms with Crippen molar-refractivity contribution in [3.8, 4) is 11.3 Å². The van der Waals surface area contributed by atoms with Crippen molar-refractivity contribution in [3.63, 3.8) is 0 Å². The fourth-order valence-electron chi connectivity index (χ4n) is 3.82. The van der Waals surface area contributed by atoms with Crippen LogP contribution in [0.15, 0.2) is 41.5 Å². The lowest BCUT2D eigenvalue weighted by molar-refractivity contribution is -0.142. The molecule has 2 aliphatic heterocycles. The lowest BCUT2D eigenvalue weighted by Crippen LogP contribution is -2.60. The zero-order chi connectivity index (χ0) is 18.1. The van der Waals surface area contributed by atoms with E-state index in [0.717, 1.165) is 43.7 Å². The summed E-state index contributed by atoms with van der Waals surface area (Å²) in [6.45, 7) is 3.12. The Hall–Kier alpha value is -2.54. The van der Waals surface area contributed by atoms with Gasteiger partial charge in [0.1, 0.15) is 0 Å². The molecular formula is C19H23N5O2. The molecule has 1 atom stereocenters. The van der Waals surface area contributed by atoms with Gasteiger partial charge in [-0.05, 0) is 31.0 Å². The Balaban J connectivity index is 1.41. The Morgan fingerprint density at radius 2 is 2.04 bits per heavy atom. The van der Waals surface area contributed by atoms with Crippen LogP contribution < -0.4 is 5.56 Å². The topological polar surface area (TPSA) is 71.3 Å². The molecule has 0 aromatic carbocycles. The molecule has 4 rings (SSSR count). The van der Waals surface area contributed by atoms with Gasteiger partial charge in [0.25, 0.3) is 5.56 Å². The Kier molecular flexibility index (Phi) is 4.55. The van der Waals surface area contributed by atoms with Crippen LogP contribution in [0.2, 0.25) is 0 Å². The van der Waals surface area contributed by atoms with Crippen molar-refractivity contribution < 1.29 is 4.79 Å². The largest absolute Gasteiger partial charge is 0.344 e. The van der Waals surface area contributed by atoms with Gasteiger partial charge in [-0.2, -0.15) is 5.10 Å². The highest BCUT2D eigenvalue weighted by molar-refractivity contribution is 5.82. The number of rotatable bonds is 4. The van der Waals surface area contributed by atoms with Gasteiger partial charge in [-0.25, -0.2) is 4.68 Å². The molecule has 0 aliphatic carbocycles. The number of hydrogen-bond acceptors (Lipinski definition) is 5. The number of likely N-dealkylation sites (tertiary alicyclic amines) is 2. The van der Waals surface area contributed by atoms with Crippen molar-refractivity contribution in [1.29, 1.82) is 0 Å². The second-order valence-electron chi connectivity index (χ2n) is 7.22. The van der Waals surface area contributed by atoms with Crippen molar-refractivity contribution in [2.75, 3.05) is 26.7 Å². The number of pyridine rings is 1. The number of hydrogen-bond donors (Lipinski definition) is 0. The predicted octanol–water partition coefficient (Wildman–Crippen LogP) is 0.858. The maximum atomic E-state index is 12.3. The van der Waals surface area contributed by atoms with Crippen molar-refractivity contribution in [3.05, 3.63) is 47.0 Å². The van der Waals surface area contributed by atoms with E-state index in [4.69, 9.17) is 0 Å². The highest BCUT2D eigenvalue weighted by Gasteiger charge is 2.38. The lowest BCUT2D eigenvalue weighted by Gasteiger charge is -2.46. The monoisotopic (exact) mass is 353 g/mol. The molecule has 0 spiro atoms. The average molecular weight is 353 g/mol. The molecule has 0 saturated carbocycles. The first-order valence-corrected chi connectivity index (χ1v) is 9.09. The minimum absolute atomic E-state index is 0.0106. The number of carbonyl (C=O) groups is 1. The lowest BCUT2D eigenvalue weighted by atomic mass is 9.93. The van der Waals surface area contributed by atoms with E-state index in [2.05, 4.69) is 15.0 Å². The van der Waals surface area contributed by atoms with Gasteiger partial charge in [0.15, 0.2) is 0 Å². The minimum atomic E-state index is -0.0930. The summed E-state index contributed by atoms with van der Waals surface area (Å²) in [5, 5.41) is 4.50. The second-order valence-corrected chi connectivity index (χ2v) is 7.22. The summed E-state index contributed by atoms with van der Waals surface area (Å²) in [7, 11) is 1.87. The molecule has 2 aromatic heterocycles. The zero-order valence-corrected chi connectivity index (χ0v) is 14.9. The molecule has 1 unspecified atom stereocenters. The molecule has 0 bridgehead atoms. The van der Waals surface area contributed by atoms with E-state index in [9.17, 15) is 9.59 Å². The van der Waals surface area contributed by atoms with Gasteiger partial charge in [-0.15, -0.1) is 0 Å². The molecule has 26 heavy (non-hydrogen) atoms. The summed E-state index contributed by atoms with van der Waals surface area (Å²) in [5.74, 6) is 0.577. The molecule has 0 N–H and O–H groups in total. The van der Waals surface area contributed by atoms with Gasteiger partial charge >= 0.3 is 0 Å². The van der Waals surface area contributed by atoms with Gasteiger partial charge in [0.2, 0.25) is 5.91 Å². The van der Waals surface area contributed by atoms with E-state index >= 15 is 0 Å². The molecule has 2 saturated heterocycles. The SMILES string of the molecule is CN1CCCC(N2CC(Cn3nc(-c4cccnc4)ccc3=O)C2)C1=O. The van der Waals surface area contributed by atoms with Crippen molar-refractivity contribution in [2.45, 2.75) is 25.4 Å². The molecule has 0 radical (unpaired) electrons. The fraction of sp³-hybridized carbons (Fsp3) is 0.474. The third kappa shape index (κ3) is 3.26. The van der Waals surface area contributed by atoms with Crippen LogP contribution in [0.25, 0.3) is 11.3 Å². The van der Waals surface area contributed by atoms with Gasteiger partial charge in [-0.3, -0.25) is 19.5 Å². The first kappa shape index (κ1) is 16.9. The summed E-state index contributed by atoms with van der Waals surface area (Å²) in [4.78, 5) is 32.6. The van der Waals surface area contributed by atoms with Crippen LogP contribution in [0.5, 0.6) is 0 Å². The summed E-state index contributed by atoms with van der Waals surface area (Å²) in [6.07, 6.45) is 5.45. The second kappa shape index (κ2) is 6.99. The molecule has 136 valence electrons. The first-order chi connectivity index (χ1) is 12.6. The molecule has 7 nitrogen and oxygen atoms in total. The van der Waals surface area contributed by atoms with E-state index in [1.54, 1.807) is 29.2 Å². The fourth-order valence-corrected chi connectivity index (χ4v) is 3.82. The van der Waals surface area contributed by atoms with Crippen LogP contribution in [0, 0.1) is 5.92 Å². The van der Waals surface area contributed by atoms with E-state index in [1.165, 1.54) is 0 Å². The predicted molar refractivity (Wildman–Crippen MR) is 97.5 cm³/mol. The Labute approximate surface area is 152 Å². The number of likely N-dealkylation sites (N-methyl/N-ethyl adjacent to an activating group) is 1. The van der Waals surface area contributed by atoms with Gasteiger partial charge in [0.05, 0.1) is 18.3 Å². The summed E-state index contributed by atoms with van der Waals surface area (Å²) in [5.41, 5.74) is 1.55. The molecule has 2 aliphatic rings. The molecule has 2 aromatic rings. The summed E-state index contributed by atoms with van der Waals surface area (Å²) < 4.78 is 1.54. The smallest absolute Gasteiger partial charge is 0.266 e.